The fourth-order valence-electron chi connectivity index (χ4n) is 5.04. The maximum Gasteiger partial charge on any atom is 0.189 e. The number of hydrogen-bond donors (Lipinski definition) is 0. The Morgan fingerprint density at radius 1 is 0.591 bits per heavy atom. The highest BCUT2D eigenvalue weighted by Crippen LogP contribution is 2.32. The van der Waals surface area contributed by atoms with Gasteiger partial charge in [0.2, 0.25) is 0 Å². The second-order valence-corrected chi connectivity index (χ2v) is 11.0. The van der Waals surface area contributed by atoms with Crippen LogP contribution in [-0.4, -0.2) is 42.9 Å². The first-order valence-corrected chi connectivity index (χ1v) is 15.3. The van der Waals surface area contributed by atoms with Crippen molar-refractivity contribution in [1.82, 2.24) is 0 Å². The van der Waals surface area contributed by atoms with Gasteiger partial charge in [-0.1, -0.05) is 140 Å². The predicted octanol–water partition coefficient (Wildman–Crippen LogP) is 7.45. The Kier molecular flexibility index (Phi) is 12.6. The van der Waals surface area contributed by atoms with Gasteiger partial charge in [-0.15, -0.1) is 0 Å². The van der Waals surface area contributed by atoms with Crippen molar-refractivity contribution in [2.24, 2.45) is 0 Å². The van der Waals surface area contributed by atoms with Crippen LogP contribution in [0.4, 0.5) is 0 Å². The summed E-state index contributed by atoms with van der Waals surface area (Å²) in [5.74, 6) is 0. The van der Waals surface area contributed by atoms with E-state index >= 15 is 0 Å². The lowest BCUT2D eigenvalue weighted by molar-refractivity contribution is -0.329. The molecule has 0 bridgehead atoms. The Bertz CT molecular complexity index is 1360. The Hall–Kier alpha value is -3.33. The van der Waals surface area contributed by atoms with E-state index in [4.69, 9.17) is 40.0 Å². The SMILES string of the molecule is C=CC(Cl)O[C@H]1O[C@H](COCc2ccccc2)[C@H](OCc2ccccc2)[C@H](OCc2ccccc2)[C@H]1OCc1ccccc1. The van der Waals surface area contributed by atoms with E-state index in [1.807, 2.05) is 121 Å². The molecule has 5 rings (SSSR count). The van der Waals surface area contributed by atoms with Crippen molar-refractivity contribution in [3.8, 4) is 0 Å². The maximum atomic E-state index is 6.68. The van der Waals surface area contributed by atoms with Crippen molar-refractivity contribution in [3.05, 3.63) is 156 Å². The molecule has 1 heterocycles. The van der Waals surface area contributed by atoms with Gasteiger partial charge in [0.1, 0.15) is 24.4 Å². The van der Waals surface area contributed by atoms with Crippen molar-refractivity contribution in [1.29, 1.82) is 0 Å². The molecular weight excluding hydrogens is 576 g/mol. The fraction of sp³-hybridized carbons (Fsp3) is 0.297. The van der Waals surface area contributed by atoms with Crippen LogP contribution < -0.4 is 0 Å². The van der Waals surface area contributed by atoms with Crippen LogP contribution in [0.3, 0.4) is 0 Å². The highest BCUT2D eigenvalue weighted by Gasteiger charge is 2.49. The van der Waals surface area contributed by atoms with Gasteiger partial charge in [-0.05, 0) is 28.3 Å². The van der Waals surface area contributed by atoms with E-state index in [9.17, 15) is 0 Å². The van der Waals surface area contributed by atoms with Crippen LogP contribution in [-0.2, 0) is 54.8 Å². The highest BCUT2D eigenvalue weighted by atomic mass is 35.5. The Balaban J connectivity index is 1.43. The van der Waals surface area contributed by atoms with Crippen LogP contribution in [0.5, 0.6) is 0 Å². The molecule has 4 aromatic carbocycles. The largest absolute Gasteiger partial charge is 0.374 e. The Labute approximate surface area is 265 Å². The molecule has 0 radical (unpaired) electrons. The number of benzene rings is 4. The zero-order valence-electron chi connectivity index (χ0n) is 24.7. The third-order valence-electron chi connectivity index (χ3n) is 7.29. The van der Waals surface area contributed by atoms with Crippen molar-refractivity contribution in [2.75, 3.05) is 6.61 Å². The van der Waals surface area contributed by atoms with E-state index in [0.29, 0.717) is 26.4 Å². The molecule has 6 nitrogen and oxygen atoms in total. The van der Waals surface area contributed by atoms with Crippen LogP contribution in [0.25, 0.3) is 0 Å². The van der Waals surface area contributed by atoms with Gasteiger partial charge in [0.15, 0.2) is 11.9 Å². The van der Waals surface area contributed by atoms with Gasteiger partial charge < -0.3 is 28.4 Å². The van der Waals surface area contributed by atoms with Crippen molar-refractivity contribution in [2.45, 2.75) is 62.7 Å². The molecule has 0 spiro atoms. The zero-order valence-corrected chi connectivity index (χ0v) is 25.4. The van der Waals surface area contributed by atoms with Crippen LogP contribution in [0, 0.1) is 0 Å². The summed E-state index contributed by atoms with van der Waals surface area (Å²) in [6, 6.07) is 40.0. The second kappa shape index (κ2) is 17.2. The molecule has 1 aliphatic rings. The van der Waals surface area contributed by atoms with Crippen LogP contribution >= 0.6 is 11.6 Å². The first-order chi connectivity index (χ1) is 21.7. The van der Waals surface area contributed by atoms with Gasteiger partial charge in [-0.3, -0.25) is 0 Å². The number of halogens is 1. The lowest BCUT2D eigenvalue weighted by atomic mass is 9.97. The molecule has 4 aromatic rings. The van der Waals surface area contributed by atoms with Gasteiger partial charge in [-0.25, -0.2) is 0 Å². The summed E-state index contributed by atoms with van der Waals surface area (Å²) in [6.45, 7) is 5.47. The molecule has 0 amide bonds. The van der Waals surface area contributed by atoms with E-state index < -0.39 is 36.3 Å². The number of hydrogen-bond acceptors (Lipinski definition) is 6. The van der Waals surface area contributed by atoms with E-state index in [-0.39, 0.29) is 6.61 Å². The topological polar surface area (TPSA) is 55.4 Å². The quantitative estimate of drug-likeness (QED) is 0.0965. The Morgan fingerprint density at radius 3 is 1.45 bits per heavy atom. The molecule has 44 heavy (non-hydrogen) atoms. The molecule has 6 atom stereocenters. The molecule has 1 saturated heterocycles. The summed E-state index contributed by atoms with van der Waals surface area (Å²) < 4.78 is 38.7. The van der Waals surface area contributed by atoms with Gasteiger partial charge in [0.25, 0.3) is 0 Å². The predicted molar refractivity (Wildman–Crippen MR) is 171 cm³/mol. The normalized spacial score (nSPS) is 22.3. The summed E-state index contributed by atoms with van der Waals surface area (Å²) in [7, 11) is 0. The average Bonchev–Trinajstić information content (AvgIpc) is 3.08. The zero-order chi connectivity index (χ0) is 30.4. The van der Waals surface area contributed by atoms with Gasteiger partial charge in [0, 0.05) is 0 Å². The first kappa shape index (κ1) is 32.1. The summed E-state index contributed by atoms with van der Waals surface area (Å²) in [4.78, 5) is 0. The van der Waals surface area contributed by atoms with E-state index in [1.54, 1.807) is 0 Å². The number of ether oxygens (including phenoxy) is 6. The minimum Gasteiger partial charge on any atom is -0.374 e. The molecule has 0 saturated carbocycles. The van der Waals surface area contributed by atoms with Crippen LogP contribution in [0.15, 0.2) is 134 Å². The van der Waals surface area contributed by atoms with Crippen LogP contribution in [0.1, 0.15) is 22.3 Å². The smallest absolute Gasteiger partial charge is 0.189 e. The van der Waals surface area contributed by atoms with Crippen molar-refractivity contribution in [3.63, 3.8) is 0 Å². The van der Waals surface area contributed by atoms with Crippen LogP contribution in [0.2, 0.25) is 0 Å². The first-order valence-electron chi connectivity index (χ1n) is 14.9. The van der Waals surface area contributed by atoms with E-state index in [1.165, 1.54) is 6.08 Å². The second-order valence-electron chi connectivity index (χ2n) is 10.6. The molecule has 230 valence electrons. The fourth-order valence-corrected chi connectivity index (χ4v) is 5.14. The van der Waals surface area contributed by atoms with E-state index in [0.717, 1.165) is 22.3 Å². The Morgan fingerprint density at radius 2 is 1.00 bits per heavy atom. The number of rotatable bonds is 16. The molecular formula is C37H39ClO6. The lowest BCUT2D eigenvalue weighted by Gasteiger charge is -2.46. The molecule has 0 N–H and O–H groups in total. The third kappa shape index (κ3) is 9.58. The molecule has 1 unspecified atom stereocenters. The standard InChI is InChI=1S/C37H39ClO6/c1-2-33(38)44-37-36(42-26-31-21-13-6-14-22-31)35(41-25-30-19-11-5-12-20-30)34(40-24-29-17-9-4-10-18-29)32(43-37)27-39-23-28-15-7-3-8-16-28/h2-22,32-37H,1,23-27H2/t32-,33?,34+,35+,36-,37-/m1/s1. The molecule has 0 aliphatic carbocycles. The minimum atomic E-state index is -0.873. The molecule has 7 heteroatoms. The van der Waals surface area contributed by atoms with Crippen molar-refractivity contribution < 1.29 is 28.4 Å². The summed E-state index contributed by atoms with van der Waals surface area (Å²) in [5.41, 5.74) is 3.33. The van der Waals surface area contributed by atoms with Gasteiger partial charge in [-0.2, -0.15) is 0 Å². The van der Waals surface area contributed by atoms with Gasteiger partial charge >= 0.3 is 0 Å². The molecule has 1 aliphatic heterocycles. The molecule has 0 aromatic heterocycles. The summed E-state index contributed by atoms with van der Waals surface area (Å²) >= 11 is 6.43. The number of alkyl halides is 1. The van der Waals surface area contributed by atoms with Gasteiger partial charge in [0.05, 0.1) is 33.0 Å². The summed E-state index contributed by atoms with van der Waals surface area (Å²) in [6.07, 6.45) is -1.71. The maximum absolute atomic E-state index is 6.68. The minimum absolute atomic E-state index is 0.242. The summed E-state index contributed by atoms with van der Waals surface area (Å²) in [5, 5.41) is 0. The lowest BCUT2D eigenvalue weighted by Crippen LogP contribution is -2.62. The third-order valence-corrected chi connectivity index (χ3v) is 7.57. The molecule has 1 fully saturated rings. The van der Waals surface area contributed by atoms with Crippen molar-refractivity contribution >= 4 is 11.6 Å². The monoisotopic (exact) mass is 614 g/mol. The average molecular weight is 615 g/mol. The van der Waals surface area contributed by atoms with E-state index in [2.05, 4.69) is 6.58 Å². The highest BCUT2D eigenvalue weighted by molar-refractivity contribution is 6.20.